The summed E-state index contributed by atoms with van der Waals surface area (Å²) in [6.07, 6.45) is 1.58. The van der Waals surface area contributed by atoms with E-state index in [1.807, 2.05) is 39.8 Å². The molecular weight excluding hydrogens is 301 g/mol. The Labute approximate surface area is 128 Å². The van der Waals surface area contributed by atoms with Crippen molar-refractivity contribution in [3.8, 4) is 0 Å². The van der Waals surface area contributed by atoms with Crippen LogP contribution >= 0.6 is 23.2 Å². The van der Waals surface area contributed by atoms with Crippen molar-refractivity contribution in [1.82, 2.24) is 0 Å². The van der Waals surface area contributed by atoms with Gasteiger partial charge in [-0.1, -0.05) is 33.7 Å². The summed E-state index contributed by atoms with van der Waals surface area (Å²) in [5.74, 6) is 0. The van der Waals surface area contributed by atoms with E-state index >= 15 is 0 Å². The minimum Gasteiger partial charge on any atom is -0.591 e. The molecule has 0 aliphatic heterocycles. The second kappa shape index (κ2) is 6.98. The normalized spacial score (nSPS) is 14.6. The summed E-state index contributed by atoms with van der Waals surface area (Å²) in [5.41, 5.74) is 1.99. The lowest BCUT2D eigenvalue weighted by Crippen LogP contribution is -2.26. The van der Waals surface area contributed by atoms with Gasteiger partial charge < -0.3 is 4.55 Å². The zero-order valence-electron chi connectivity index (χ0n) is 11.7. The molecule has 1 rings (SSSR count). The van der Waals surface area contributed by atoms with Crippen LogP contribution in [-0.2, 0) is 17.8 Å². The van der Waals surface area contributed by atoms with Crippen LogP contribution in [0, 0.1) is 0 Å². The van der Waals surface area contributed by atoms with Crippen molar-refractivity contribution in [1.29, 1.82) is 0 Å². The predicted molar refractivity (Wildman–Crippen MR) is 85.8 cm³/mol. The minimum atomic E-state index is -1.19. The lowest BCUT2D eigenvalue weighted by molar-refractivity contribution is 0.561. The molecule has 0 radical (unpaired) electrons. The van der Waals surface area contributed by atoms with Gasteiger partial charge in [0.25, 0.3) is 0 Å². The van der Waals surface area contributed by atoms with Crippen molar-refractivity contribution < 1.29 is 4.55 Å². The molecule has 1 atom stereocenters. The average molecular weight is 320 g/mol. The van der Waals surface area contributed by atoms with Gasteiger partial charge in [0.15, 0.2) is 0 Å². The van der Waals surface area contributed by atoms with Crippen molar-refractivity contribution in [2.45, 2.75) is 45.3 Å². The van der Waals surface area contributed by atoms with Crippen molar-refractivity contribution in [3.63, 3.8) is 0 Å². The van der Waals surface area contributed by atoms with E-state index in [-0.39, 0.29) is 4.75 Å². The first-order chi connectivity index (χ1) is 8.70. The van der Waals surface area contributed by atoms with Gasteiger partial charge in [-0.25, -0.2) is 0 Å². The van der Waals surface area contributed by atoms with E-state index in [4.69, 9.17) is 23.2 Å². The Morgan fingerprint density at radius 3 is 2.42 bits per heavy atom. The Morgan fingerprint density at radius 1 is 1.26 bits per heavy atom. The highest BCUT2D eigenvalue weighted by atomic mass is 35.5. The predicted octanol–water partition coefficient (Wildman–Crippen LogP) is 4.85. The molecule has 0 bridgehead atoms. The summed E-state index contributed by atoms with van der Waals surface area (Å²) in [6, 6.07) is 5.60. The highest BCUT2D eigenvalue weighted by Crippen LogP contribution is 2.23. The summed E-state index contributed by atoms with van der Waals surface area (Å²) in [4.78, 5) is 0. The Bertz CT molecular complexity index is 469. The summed E-state index contributed by atoms with van der Waals surface area (Å²) in [7, 11) is 0. The highest BCUT2D eigenvalue weighted by Gasteiger charge is 2.26. The van der Waals surface area contributed by atoms with Crippen LogP contribution in [0.5, 0.6) is 0 Å². The van der Waals surface area contributed by atoms with Crippen LogP contribution in [0.15, 0.2) is 22.6 Å². The van der Waals surface area contributed by atoms with Gasteiger partial charge in [-0.3, -0.25) is 0 Å². The van der Waals surface area contributed by atoms with E-state index in [0.717, 1.165) is 24.1 Å². The SMILES string of the molecule is C/C(CCc1ccc(Cl)c(Cl)c1)=N\[S+]([O-])C(C)(C)C. The number of halogens is 2. The van der Waals surface area contributed by atoms with Gasteiger partial charge in [-0.2, -0.15) is 0 Å². The minimum absolute atomic E-state index is 0.315. The molecule has 0 saturated carbocycles. The van der Waals surface area contributed by atoms with Crippen LogP contribution in [0.4, 0.5) is 0 Å². The van der Waals surface area contributed by atoms with Crippen LogP contribution < -0.4 is 0 Å². The number of nitrogens with zero attached hydrogens (tertiary/aromatic N) is 1. The first-order valence-electron chi connectivity index (χ1n) is 6.10. The van der Waals surface area contributed by atoms with Crippen molar-refractivity contribution in [2.75, 3.05) is 0 Å². The van der Waals surface area contributed by atoms with Crippen molar-refractivity contribution in [2.24, 2.45) is 4.40 Å². The molecule has 19 heavy (non-hydrogen) atoms. The fraction of sp³-hybridized carbons (Fsp3) is 0.500. The molecule has 1 aromatic carbocycles. The van der Waals surface area contributed by atoms with Crippen LogP contribution in [0.3, 0.4) is 0 Å². The van der Waals surface area contributed by atoms with E-state index in [9.17, 15) is 4.55 Å². The summed E-state index contributed by atoms with van der Waals surface area (Å²) in [6.45, 7) is 7.65. The van der Waals surface area contributed by atoms with Crippen molar-refractivity contribution >= 4 is 40.3 Å². The molecule has 1 unspecified atom stereocenters. The Kier molecular flexibility index (Phi) is 6.18. The molecule has 0 spiro atoms. The second-order valence-corrected chi connectivity index (χ2v) is 8.16. The van der Waals surface area contributed by atoms with Crippen LogP contribution in [0.1, 0.15) is 39.7 Å². The maximum absolute atomic E-state index is 11.9. The number of rotatable bonds is 4. The van der Waals surface area contributed by atoms with E-state index < -0.39 is 11.4 Å². The van der Waals surface area contributed by atoms with E-state index in [2.05, 4.69) is 4.40 Å². The number of benzene rings is 1. The maximum Gasteiger partial charge on any atom is 0.144 e. The fourth-order valence-corrected chi connectivity index (χ4v) is 2.31. The third-order valence-electron chi connectivity index (χ3n) is 2.52. The third kappa shape index (κ3) is 5.74. The standard InChI is InChI=1S/C14H19Cl2NOS/c1-10(17-19(18)14(2,3)4)5-6-11-7-8-12(15)13(16)9-11/h7-9H,5-6H2,1-4H3/b17-10+. The molecule has 0 amide bonds. The topological polar surface area (TPSA) is 35.4 Å². The van der Waals surface area contributed by atoms with Gasteiger partial charge in [0.1, 0.15) is 16.1 Å². The van der Waals surface area contributed by atoms with Gasteiger partial charge in [-0.05, 0) is 58.2 Å². The summed E-state index contributed by atoms with van der Waals surface area (Å²) < 4.78 is 15.8. The fourth-order valence-electron chi connectivity index (χ4n) is 1.34. The molecule has 0 heterocycles. The highest BCUT2D eigenvalue weighted by molar-refractivity contribution is 7.91. The molecule has 1 aromatic rings. The van der Waals surface area contributed by atoms with Gasteiger partial charge in [-0.15, -0.1) is 0 Å². The average Bonchev–Trinajstić information content (AvgIpc) is 2.29. The van der Waals surface area contributed by atoms with Gasteiger partial charge in [0.05, 0.1) is 15.8 Å². The first kappa shape index (κ1) is 16.8. The van der Waals surface area contributed by atoms with Crippen LogP contribution in [0.2, 0.25) is 10.0 Å². The molecule has 106 valence electrons. The Balaban J connectivity index is 2.61. The van der Waals surface area contributed by atoms with Crippen LogP contribution in [0.25, 0.3) is 0 Å². The molecule has 0 aliphatic rings. The molecule has 0 N–H and O–H groups in total. The molecule has 5 heteroatoms. The maximum atomic E-state index is 11.9. The molecule has 0 saturated heterocycles. The van der Waals surface area contributed by atoms with Gasteiger partial charge in [0.2, 0.25) is 0 Å². The molecule has 2 nitrogen and oxygen atoms in total. The molecule has 0 fully saturated rings. The summed E-state index contributed by atoms with van der Waals surface area (Å²) in [5, 5.41) is 1.12. The Hall–Kier alpha value is -0.220. The van der Waals surface area contributed by atoms with Crippen LogP contribution in [-0.4, -0.2) is 15.0 Å². The monoisotopic (exact) mass is 319 g/mol. The first-order valence-corrected chi connectivity index (χ1v) is 7.96. The lowest BCUT2D eigenvalue weighted by atomic mass is 10.1. The zero-order valence-corrected chi connectivity index (χ0v) is 14.0. The zero-order chi connectivity index (χ0) is 14.6. The largest absolute Gasteiger partial charge is 0.591 e. The van der Waals surface area contributed by atoms with Gasteiger partial charge >= 0.3 is 0 Å². The van der Waals surface area contributed by atoms with Gasteiger partial charge in [0, 0.05) is 0 Å². The second-order valence-electron chi connectivity index (χ2n) is 5.44. The quantitative estimate of drug-likeness (QED) is 0.577. The molecule has 0 aromatic heterocycles. The van der Waals surface area contributed by atoms with E-state index in [1.165, 1.54) is 0 Å². The number of hydrogen-bond acceptors (Lipinski definition) is 2. The number of hydrogen-bond donors (Lipinski definition) is 0. The van der Waals surface area contributed by atoms with Crippen molar-refractivity contribution in [3.05, 3.63) is 33.8 Å². The van der Waals surface area contributed by atoms with E-state index in [1.54, 1.807) is 6.07 Å². The number of aryl methyl sites for hydroxylation is 1. The lowest BCUT2D eigenvalue weighted by Gasteiger charge is -2.18. The third-order valence-corrected chi connectivity index (χ3v) is 4.79. The summed E-state index contributed by atoms with van der Waals surface area (Å²) >= 11 is 10.6. The molecular formula is C14H19Cl2NOS. The van der Waals surface area contributed by atoms with E-state index in [0.29, 0.717) is 10.0 Å². The smallest absolute Gasteiger partial charge is 0.144 e. The Morgan fingerprint density at radius 2 is 1.89 bits per heavy atom. The molecule has 0 aliphatic carbocycles.